The molecule has 0 aliphatic heterocycles. The van der Waals surface area contributed by atoms with Crippen LogP contribution < -0.4 is 5.32 Å². The summed E-state index contributed by atoms with van der Waals surface area (Å²) in [5.74, 6) is 0.658. The Hall–Kier alpha value is -1.03. The van der Waals surface area contributed by atoms with Crippen LogP contribution in [0, 0.1) is 0 Å². The van der Waals surface area contributed by atoms with E-state index >= 15 is 0 Å². The Morgan fingerprint density at radius 1 is 1.53 bits per heavy atom. The summed E-state index contributed by atoms with van der Waals surface area (Å²) < 4.78 is 2.10. The lowest BCUT2D eigenvalue weighted by atomic mass is 10.1. The molecular weight excluding hydrogens is 238 g/mol. The minimum absolute atomic E-state index is 0.114. The second-order valence-electron chi connectivity index (χ2n) is 4.47. The Bertz CT molecular complexity index is 353. The molecule has 1 aliphatic rings. The predicted molar refractivity (Wildman–Crippen MR) is 67.0 cm³/mol. The Kier molecular flexibility index (Phi) is 4.42. The van der Waals surface area contributed by atoms with Crippen molar-refractivity contribution in [2.75, 3.05) is 5.88 Å². The summed E-state index contributed by atoms with van der Waals surface area (Å²) in [7, 11) is 0. The average molecular weight is 256 g/mol. The van der Waals surface area contributed by atoms with Crippen molar-refractivity contribution >= 4 is 17.5 Å². The Morgan fingerprint density at radius 2 is 2.41 bits per heavy atom. The van der Waals surface area contributed by atoms with Gasteiger partial charge in [0.2, 0.25) is 5.91 Å². The van der Waals surface area contributed by atoms with Gasteiger partial charge in [-0.15, -0.1) is 11.6 Å². The van der Waals surface area contributed by atoms with Crippen LogP contribution in [0.2, 0.25) is 0 Å². The van der Waals surface area contributed by atoms with Crippen LogP contribution in [0.25, 0.3) is 0 Å². The third-order valence-electron chi connectivity index (χ3n) is 3.27. The van der Waals surface area contributed by atoms with Crippen LogP contribution in [0.5, 0.6) is 0 Å². The van der Waals surface area contributed by atoms with Crippen LogP contribution in [-0.4, -0.2) is 27.4 Å². The van der Waals surface area contributed by atoms with Gasteiger partial charge in [0.1, 0.15) is 0 Å². The molecule has 0 radical (unpaired) electrons. The molecule has 1 fully saturated rings. The normalized spacial score (nSPS) is 23.8. The fourth-order valence-electron chi connectivity index (χ4n) is 2.44. The number of rotatable bonds is 5. The fraction of sp³-hybridized carbons (Fsp3) is 0.667. The molecule has 1 heterocycles. The molecule has 94 valence electrons. The molecule has 1 aromatic rings. The van der Waals surface area contributed by atoms with Crippen LogP contribution in [0.1, 0.15) is 38.1 Å². The highest BCUT2D eigenvalue weighted by molar-refractivity contribution is 6.17. The lowest BCUT2D eigenvalue weighted by Gasteiger charge is -2.22. The van der Waals surface area contributed by atoms with Gasteiger partial charge >= 0.3 is 0 Å². The van der Waals surface area contributed by atoms with Crippen molar-refractivity contribution < 1.29 is 4.79 Å². The summed E-state index contributed by atoms with van der Waals surface area (Å²) in [4.78, 5) is 15.7. The molecule has 1 N–H and O–H groups in total. The van der Waals surface area contributed by atoms with E-state index in [1.807, 2.05) is 12.5 Å². The van der Waals surface area contributed by atoms with Crippen LogP contribution in [0.15, 0.2) is 18.7 Å². The standard InChI is InChI=1S/C12H18ClN3O/c13-6-2-5-12(17)15-10-3-1-4-11(10)16-8-7-14-9-16/h7-11H,1-6H2,(H,15,17). The molecule has 1 aromatic heterocycles. The molecule has 1 aliphatic carbocycles. The number of hydrogen-bond donors (Lipinski definition) is 1. The first-order valence-corrected chi connectivity index (χ1v) is 6.67. The predicted octanol–water partition coefficient (Wildman–Crippen LogP) is 2.11. The summed E-state index contributed by atoms with van der Waals surface area (Å²) in [6, 6.07) is 0.601. The number of hydrogen-bond acceptors (Lipinski definition) is 2. The van der Waals surface area contributed by atoms with Crippen LogP contribution in [0.3, 0.4) is 0 Å². The van der Waals surface area contributed by atoms with Gasteiger partial charge in [-0.2, -0.15) is 0 Å². The molecule has 2 atom stereocenters. The Labute approximate surface area is 106 Å². The Morgan fingerprint density at radius 3 is 3.12 bits per heavy atom. The number of halogens is 1. The zero-order valence-corrected chi connectivity index (χ0v) is 10.6. The maximum absolute atomic E-state index is 11.7. The number of aromatic nitrogens is 2. The van der Waals surface area contributed by atoms with E-state index in [4.69, 9.17) is 11.6 Å². The number of imidazole rings is 1. The van der Waals surface area contributed by atoms with E-state index in [1.165, 1.54) is 0 Å². The van der Waals surface area contributed by atoms with Crippen molar-refractivity contribution in [3.63, 3.8) is 0 Å². The summed E-state index contributed by atoms with van der Waals surface area (Å²) in [6.45, 7) is 0. The number of nitrogens with one attached hydrogen (secondary N) is 1. The summed E-state index contributed by atoms with van der Waals surface area (Å²) >= 11 is 5.58. The van der Waals surface area contributed by atoms with Gasteiger partial charge in [-0.1, -0.05) is 0 Å². The lowest BCUT2D eigenvalue weighted by Crippen LogP contribution is -2.38. The minimum Gasteiger partial charge on any atom is -0.351 e. The van der Waals surface area contributed by atoms with Gasteiger partial charge in [0, 0.05) is 30.7 Å². The topological polar surface area (TPSA) is 46.9 Å². The Balaban J connectivity index is 1.89. The molecule has 2 rings (SSSR count). The van der Waals surface area contributed by atoms with Gasteiger partial charge in [0.25, 0.3) is 0 Å². The lowest BCUT2D eigenvalue weighted by molar-refractivity contribution is -0.122. The molecule has 5 heteroatoms. The van der Waals surface area contributed by atoms with Crippen molar-refractivity contribution in [2.24, 2.45) is 0 Å². The second-order valence-corrected chi connectivity index (χ2v) is 4.85. The van der Waals surface area contributed by atoms with Crippen molar-refractivity contribution in [1.29, 1.82) is 0 Å². The third kappa shape index (κ3) is 3.22. The van der Waals surface area contributed by atoms with E-state index in [2.05, 4.69) is 14.9 Å². The van der Waals surface area contributed by atoms with Crippen molar-refractivity contribution in [1.82, 2.24) is 14.9 Å². The van der Waals surface area contributed by atoms with E-state index in [9.17, 15) is 4.79 Å². The molecule has 0 saturated heterocycles. The number of amides is 1. The maximum Gasteiger partial charge on any atom is 0.220 e. The van der Waals surface area contributed by atoms with Crippen LogP contribution in [0.4, 0.5) is 0 Å². The monoisotopic (exact) mass is 255 g/mol. The summed E-state index contributed by atoms with van der Waals surface area (Å²) in [6.07, 6.45) is 10.2. The molecule has 1 saturated carbocycles. The summed E-state index contributed by atoms with van der Waals surface area (Å²) in [5.41, 5.74) is 0. The highest BCUT2D eigenvalue weighted by atomic mass is 35.5. The third-order valence-corrected chi connectivity index (χ3v) is 3.54. The van der Waals surface area contributed by atoms with Crippen LogP contribution in [-0.2, 0) is 4.79 Å². The van der Waals surface area contributed by atoms with Gasteiger partial charge in [-0.3, -0.25) is 4.79 Å². The van der Waals surface area contributed by atoms with Gasteiger partial charge in [0.15, 0.2) is 0 Å². The summed E-state index contributed by atoms with van der Waals surface area (Å²) in [5, 5.41) is 3.11. The van der Waals surface area contributed by atoms with E-state index in [0.717, 1.165) is 25.7 Å². The molecule has 0 bridgehead atoms. The minimum atomic E-state index is 0.114. The van der Waals surface area contributed by atoms with Gasteiger partial charge in [-0.05, 0) is 25.7 Å². The van der Waals surface area contributed by atoms with Crippen molar-refractivity contribution in [3.05, 3.63) is 18.7 Å². The zero-order chi connectivity index (χ0) is 12.1. The van der Waals surface area contributed by atoms with Crippen molar-refractivity contribution in [2.45, 2.75) is 44.2 Å². The van der Waals surface area contributed by atoms with Gasteiger partial charge in [0.05, 0.1) is 12.4 Å². The average Bonchev–Trinajstić information content (AvgIpc) is 2.95. The van der Waals surface area contributed by atoms with E-state index < -0.39 is 0 Å². The largest absolute Gasteiger partial charge is 0.351 e. The van der Waals surface area contributed by atoms with E-state index in [1.54, 1.807) is 6.20 Å². The maximum atomic E-state index is 11.7. The number of alkyl halides is 1. The quantitative estimate of drug-likeness (QED) is 0.820. The first-order chi connectivity index (χ1) is 8.31. The smallest absolute Gasteiger partial charge is 0.220 e. The van der Waals surface area contributed by atoms with E-state index in [-0.39, 0.29) is 11.9 Å². The second kappa shape index (κ2) is 6.05. The highest BCUT2D eigenvalue weighted by Gasteiger charge is 2.29. The first kappa shape index (κ1) is 12.4. The van der Waals surface area contributed by atoms with Gasteiger partial charge in [-0.25, -0.2) is 4.98 Å². The van der Waals surface area contributed by atoms with Crippen LogP contribution >= 0.6 is 11.6 Å². The highest BCUT2D eigenvalue weighted by Crippen LogP contribution is 2.29. The molecule has 0 spiro atoms. The van der Waals surface area contributed by atoms with Gasteiger partial charge < -0.3 is 9.88 Å². The number of nitrogens with zero attached hydrogens (tertiary/aromatic N) is 2. The fourth-order valence-corrected chi connectivity index (χ4v) is 2.57. The zero-order valence-electron chi connectivity index (χ0n) is 9.81. The molecule has 1 amide bonds. The molecule has 0 aromatic carbocycles. The molecule has 17 heavy (non-hydrogen) atoms. The number of carbonyl (C=O) groups is 1. The molecular formula is C12H18ClN3O. The van der Waals surface area contributed by atoms with Crippen molar-refractivity contribution in [3.8, 4) is 0 Å². The molecule has 4 nitrogen and oxygen atoms in total. The SMILES string of the molecule is O=C(CCCCl)NC1CCCC1n1ccnc1. The first-order valence-electron chi connectivity index (χ1n) is 6.14. The number of carbonyl (C=O) groups excluding carboxylic acids is 1. The van der Waals surface area contributed by atoms with E-state index in [0.29, 0.717) is 18.3 Å². The molecule has 2 unspecified atom stereocenters.